The van der Waals surface area contributed by atoms with Crippen LogP contribution < -0.4 is 0 Å². The first-order chi connectivity index (χ1) is 17.9. The van der Waals surface area contributed by atoms with Gasteiger partial charge >= 0.3 is 0 Å². The highest BCUT2D eigenvalue weighted by Crippen LogP contribution is 2.55. The molecule has 0 bridgehead atoms. The van der Waals surface area contributed by atoms with Crippen molar-refractivity contribution in [2.24, 2.45) is 0 Å². The number of hydrogen-bond acceptors (Lipinski definition) is 0. The van der Waals surface area contributed by atoms with Gasteiger partial charge in [0.2, 0.25) is 0 Å². The Balaban J connectivity index is 1.49. The number of benzene rings is 5. The first kappa shape index (κ1) is 20.0. The van der Waals surface area contributed by atoms with E-state index < -0.39 is 0 Å². The van der Waals surface area contributed by atoms with Gasteiger partial charge in [-0.2, -0.15) is 0 Å². The predicted octanol–water partition coefficient (Wildman–Crippen LogP) is 9.45. The zero-order chi connectivity index (χ0) is 24.8. The third kappa shape index (κ3) is 2.09. The number of rotatable bonds is 0. The lowest BCUT2D eigenvalue weighted by atomic mass is 9.82. The van der Waals surface area contributed by atoms with Crippen LogP contribution in [0.2, 0.25) is 0 Å². The summed E-state index contributed by atoms with van der Waals surface area (Å²) in [7, 11) is 0. The van der Waals surface area contributed by atoms with E-state index in [9.17, 15) is 0 Å². The average Bonchev–Trinajstić information content (AvgIpc) is 3.56. The lowest BCUT2D eigenvalue weighted by Crippen LogP contribution is -2.14. The molecule has 0 saturated carbocycles. The lowest BCUT2D eigenvalue weighted by Gasteiger charge is -2.21. The van der Waals surface area contributed by atoms with E-state index in [1.165, 1.54) is 82.6 Å². The quantitative estimate of drug-likeness (QED) is 0.207. The highest BCUT2D eigenvalue weighted by molar-refractivity contribution is 6.27. The van der Waals surface area contributed by atoms with Gasteiger partial charge in [0, 0.05) is 32.4 Å². The van der Waals surface area contributed by atoms with Crippen LogP contribution in [0, 0.1) is 0 Å². The second kappa shape index (κ2) is 6.06. The van der Waals surface area contributed by atoms with E-state index >= 15 is 0 Å². The van der Waals surface area contributed by atoms with Gasteiger partial charge in [0.1, 0.15) is 0 Å². The molecule has 0 fully saturated rings. The van der Waals surface area contributed by atoms with Crippen molar-refractivity contribution in [3.8, 4) is 22.3 Å². The smallest absolute Gasteiger partial charge is 0.0620 e. The van der Waals surface area contributed by atoms with Gasteiger partial charge in [0.25, 0.3) is 0 Å². The second-order valence-electron chi connectivity index (χ2n) is 12.2. The summed E-state index contributed by atoms with van der Waals surface area (Å²) in [6.07, 6.45) is 0. The molecular formula is C36H27N. The molecule has 7 aromatic rings. The molecule has 0 spiro atoms. The van der Waals surface area contributed by atoms with Gasteiger partial charge in [-0.25, -0.2) is 0 Å². The van der Waals surface area contributed by atoms with E-state index in [1.54, 1.807) is 0 Å². The second-order valence-corrected chi connectivity index (χ2v) is 12.2. The summed E-state index contributed by atoms with van der Waals surface area (Å²) in [6.45, 7) is 9.49. The lowest BCUT2D eigenvalue weighted by molar-refractivity contribution is 0.661. The molecule has 0 unspecified atom stereocenters. The molecule has 2 aliphatic carbocycles. The van der Waals surface area contributed by atoms with Crippen molar-refractivity contribution in [1.29, 1.82) is 0 Å². The van der Waals surface area contributed by atoms with Crippen molar-refractivity contribution in [1.82, 2.24) is 4.40 Å². The number of nitrogens with zero attached hydrogens (tertiary/aromatic N) is 1. The maximum absolute atomic E-state index is 2.55. The molecule has 37 heavy (non-hydrogen) atoms. The van der Waals surface area contributed by atoms with E-state index in [0.717, 1.165) is 0 Å². The fourth-order valence-electron chi connectivity index (χ4n) is 7.95. The first-order valence-electron chi connectivity index (χ1n) is 13.4. The Morgan fingerprint density at radius 3 is 1.97 bits per heavy atom. The Bertz CT molecular complexity index is 2120. The molecule has 176 valence electrons. The van der Waals surface area contributed by atoms with Gasteiger partial charge in [-0.05, 0) is 62.7 Å². The monoisotopic (exact) mass is 473 g/mol. The molecule has 0 aliphatic heterocycles. The van der Waals surface area contributed by atoms with Gasteiger partial charge in [-0.1, -0.05) is 100 Å². The van der Waals surface area contributed by atoms with Crippen LogP contribution in [0.3, 0.4) is 0 Å². The van der Waals surface area contributed by atoms with Crippen LogP contribution in [-0.2, 0) is 10.8 Å². The Kier molecular flexibility index (Phi) is 3.28. The number of hydrogen-bond donors (Lipinski definition) is 0. The van der Waals surface area contributed by atoms with Crippen molar-refractivity contribution >= 4 is 38.1 Å². The van der Waals surface area contributed by atoms with Crippen molar-refractivity contribution < 1.29 is 0 Å². The van der Waals surface area contributed by atoms with Crippen LogP contribution in [0.25, 0.3) is 60.3 Å². The van der Waals surface area contributed by atoms with Crippen LogP contribution in [0.4, 0.5) is 0 Å². The van der Waals surface area contributed by atoms with E-state index in [4.69, 9.17) is 0 Å². The fraction of sp³-hybridized carbons (Fsp3) is 0.167. The van der Waals surface area contributed by atoms with Crippen LogP contribution in [0.1, 0.15) is 49.9 Å². The van der Waals surface area contributed by atoms with Gasteiger partial charge in [-0.15, -0.1) is 0 Å². The van der Waals surface area contributed by atoms with E-state index in [0.29, 0.717) is 0 Å². The topological polar surface area (TPSA) is 4.41 Å². The molecule has 0 radical (unpaired) electrons. The molecular weight excluding hydrogens is 446 g/mol. The molecule has 1 heteroatoms. The van der Waals surface area contributed by atoms with Crippen LogP contribution in [-0.4, -0.2) is 4.40 Å². The molecule has 0 atom stereocenters. The Morgan fingerprint density at radius 1 is 0.486 bits per heavy atom. The molecule has 0 N–H and O–H groups in total. The molecule has 2 heterocycles. The standard InChI is InChI=1S/C36H27N/c1-35(2)27-15-8-6-11-22(27)32-28(35)16-17-30-33(32)23-13-9-12-21-25-18-29-24(19-31(25)37(30)34(21)23)20-10-5-7-14-26(20)36(29,3)4/h5-19H,1-4H3. The number of para-hydroxylation sites is 1. The average molecular weight is 474 g/mol. The third-order valence-corrected chi connectivity index (χ3v) is 9.73. The summed E-state index contributed by atoms with van der Waals surface area (Å²) < 4.78 is 2.55. The Labute approximate surface area is 216 Å². The summed E-state index contributed by atoms with van der Waals surface area (Å²) >= 11 is 0. The van der Waals surface area contributed by atoms with Crippen LogP contribution in [0.15, 0.2) is 91.0 Å². The van der Waals surface area contributed by atoms with Gasteiger partial charge < -0.3 is 4.40 Å². The van der Waals surface area contributed by atoms with Crippen molar-refractivity contribution in [3.05, 3.63) is 113 Å². The maximum atomic E-state index is 2.55. The zero-order valence-electron chi connectivity index (χ0n) is 21.6. The third-order valence-electron chi connectivity index (χ3n) is 9.73. The van der Waals surface area contributed by atoms with Crippen molar-refractivity contribution in [2.45, 2.75) is 38.5 Å². The van der Waals surface area contributed by atoms with Gasteiger partial charge in [0.05, 0.1) is 16.6 Å². The van der Waals surface area contributed by atoms with Crippen LogP contribution in [0.5, 0.6) is 0 Å². The Morgan fingerprint density at radius 2 is 1.16 bits per heavy atom. The summed E-state index contributed by atoms with van der Waals surface area (Å²) in [5.74, 6) is 0. The Hall–Kier alpha value is -4.10. The number of fused-ring (bicyclic) bond motifs is 13. The largest absolute Gasteiger partial charge is 0.308 e. The molecule has 5 aromatic carbocycles. The summed E-state index contributed by atoms with van der Waals surface area (Å²) in [5, 5.41) is 5.49. The fourth-order valence-corrected chi connectivity index (χ4v) is 7.95. The summed E-state index contributed by atoms with van der Waals surface area (Å²) in [4.78, 5) is 0. The first-order valence-corrected chi connectivity index (χ1v) is 13.4. The summed E-state index contributed by atoms with van der Waals surface area (Å²) in [5.41, 5.74) is 15.3. The minimum atomic E-state index is 0.00426. The van der Waals surface area contributed by atoms with Crippen molar-refractivity contribution in [3.63, 3.8) is 0 Å². The SMILES string of the molecule is CC1(C)c2ccccc2-c2cc3c(cc21)c1cccc2c4c5c(ccc4n3c12)C(C)(C)c1ccccc1-5. The normalized spacial score (nSPS) is 16.5. The number of aromatic nitrogens is 1. The van der Waals surface area contributed by atoms with E-state index in [2.05, 4.69) is 123 Å². The molecule has 9 rings (SSSR count). The predicted molar refractivity (Wildman–Crippen MR) is 156 cm³/mol. The summed E-state index contributed by atoms with van der Waals surface area (Å²) in [6, 6.07) is 34.6. The van der Waals surface area contributed by atoms with Gasteiger partial charge in [0.15, 0.2) is 0 Å². The van der Waals surface area contributed by atoms with E-state index in [-0.39, 0.29) is 10.8 Å². The molecule has 1 nitrogen and oxygen atoms in total. The minimum absolute atomic E-state index is 0.00426. The molecule has 0 amide bonds. The molecule has 0 saturated heterocycles. The maximum Gasteiger partial charge on any atom is 0.0620 e. The highest BCUT2D eigenvalue weighted by Gasteiger charge is 2.38. The zero-order valence-corrected chi connectivity index (χ0v) is 21.6. The molecule has 2 aliphatic rings. The van der Waals surface area contributed by atoms with Crippen LogP contribution >= 0.6 is 0 Å². The minimum Gasteiger partial charge on any atom is -0.308 e. The highest BCUT2D eigenvalue weighted by atomic mass is 14.9. The van der Waals surface area contributed by atoms with Gasteiger partial charge in [-0.3, -0.25) is 0 Å². The van der Waals surface area contributed by atoms with E-state index in [1.807, 2.05) is 0 Å². The molecule has 2 aromatic heterocycles. The van der Waals surface area contributed by atoms with Crippen molar-refractivity contribution in [2.75, 3.05) is 0 Å².